The van der Waals surface area contributed by atoms with Crippen LogP contribution in [0.3, 0.4) is 0 Å². The Balaban J connectivity index is 1.79. The van der Waals surface area contributed by atoms with Crippen molar-refractivity contribution < 1.29 is 23.7 Å². The van der Waals surface area contributed by atoms with Crippen LogP contribution in [0.1, 0.15) is 28.8 Å². The number of hydrogen-bond acceptors (Lipinski definition) is 6. The molecule has 0 saturated carbocycles. The molecule has 2 aromatic carbocycles. The normalized spacial score (nSPS) is 13.2. The van der Waals surface area contributed by atoms with Crippen LogP contribution in [0.25, 0.3) is 0 Å². The first-order valence-electron chi connectivity index (χ1n) is 8.99. The minimum atomic E-state index is -0.519. The van der Waals surface area contributed by atoms with Crippen molar-refractivity contribution in [2.45, 2.75) is 12.8 Å². The van der Waals surface area contributed by atoms with Crippen LogP contribution in [0.5, 0.6) is 23.0 Å². The van der Waals surface area contributed by atoms with Crippen LogP contribution in [-0.2, 0) is 0 Å². The van der Waals surface area contributed by atoms with Gasteiger partial charge in [0, 0.05) is 18.7 Å². The number of likely N-dealkylation sites (tertiary alicyclic amines) is 1. The topological polar surface area (TPSA) is 57.2 Å². The SMILES string of the molecule is COc1ccc(C(=O)Oc2ccc(C(=S)N3CCCC3)cc2OC)cc1OC. The van der Waals surface area contributed by atoms with Crippen LogP contribution >= 0.6 is 12.2 Å². The fourth-order valence-electron chi connectivity index (χ4n) is 3.11. The predicted molar refractivity (Wildman–Crippen MR) is 110 cm³/mol. The predicted octanol–water partition coefficient (Wildman–Crippen LogP) is 3.70. The zero-order valence-electron chi connectivity index (χ0n) is 16.2. The van der Waals surface area contributed by atoms with Gasteiger partial charge in [0.2, 0.25) is 0 Å². The number of carbonyl (C=O) groups excluding carboxylic acids is 1. The van der Waals surface area contributed by atoms with E-state index in [-0.39, 0.29) is 0 Å². The van der Waals surface area contributed by atoms with Crippen LogP contribution in [0.2, 0.25) is 0 Å². The highest BCUT2D eigenvalue weighted by atomic mass is 32.1. The smallest absolute Gasteiger partial charge is 0.343 e. The molecule has 0 aromatic heterocycles. The average Bonchev–Trinajstić information content (AvgIpc) is 3.27. The summed E-state index contributed by atoms with van der Waals surface area (Å²) in [4.78, 5) is 15.5. The van der Waals surface area contributed by atoms with Gasteiger partial charge in [-0.05, 0) is 49.2 Å². The van der Waals surface area contributed by atoms with Crippen molar-refractivity contribution >= 4 is 23.2 Å². The Kier molecular flexibility index (Phi) is 6.36. The minimum Gasteiger partial charge on any atom is -0.493 e. The Hall–Kier alpha value is -2.80. The van der Waals surface area contributed by atoms with E-state index in [0.29, 0.717) is 28.6 Å². The summed E-state index contributed by atoms with van der Waals surface area (Å²) in [5.74, 6) is 1.25. The number of methoxy groups -OCH3 is 3. The summed E-state index contributed by atoms with van der Waals surface area (Å²) in [5.41, 5.74) is 1.22. The molecular formula is C21H23NO5S. The van der Waals surface area contributed by atoms with Gasteiger partial charge < -0.3 is 23.8 Å². The minimum absolute atomic E-state index is 0.329. The molecule has 1 aliphatic rings. The summed E-state index contributed by atoms with van der Waals surface area (Å²) in [6.45, 7) is 1.94. The van der Waals surface area contributed by atoms with Gasteiger partial charge >= 0.3 is 5.97 Å². The van der Waals surface area contributed by atoms with E-state index in [1.165, 1.54) is 21.3 Å². The standard InChI is InChI=1S/C21H23NO5S/c1-24-16-8-7-15(13-18(16)25-2)21(23)27-17-9-6-14(12-19(17)26-3)20(28)22-10-4-5-11-22/h6-9,12-13H,4-5,10-11H2,1-3H3. The van der Waals surface area contributed by atoms with Crippen LogP contribution < -0.4 is 18.9 Å². The van der Waals surface area contributed by atoms with Crippen molar-refractivity contribution in [3.8, 4) is 23.0 Å². The number of hydrogen-bond donors (Lipinski definition) is 0. The van der Waals surface area contributed by atoms with Gasteiger partial charge in [-0.2, -0.15) is 0 Å². The zero-order chi connectivity index (χ0) is 20.1. The van der Waals surface area contributed by atoms with E-state index >= 15 is 0 Å². The van der Waals surface area contributed by atoms with Crippen molar-refractivity contribution in [3.05, 3.63) is 47.5 Å². The van der Waals surface area contributed by atoms with Crippen LogP contribution in [0.15, 0.2) is 36.4 Å². The molecule has 2 aromatic rings. The second-order valence-electron chi connectivity index (χ2n) is 6.32. The molecule has 1 aliphatic heterocycles. The molecule has 148 valence electrons. The molecular weight excluding hydrogens is 378 g/mol. The maximum atomic E-state index is 12.6. The lowest BCUT2D eigenvalue weighted by atomic mass is 10.1. The van der Waals surface area contributed by atoms with Gasteiger partial charge in [-0.3, -0.25) is 0 Å². The lowest BCUT2D eigenvalue weighted by Crippen LogP contribution is -2.26. The van der Waals surface area contributed by atoms with E-state index in [9.17, 15) is 4.79 Å². The number of thiocarbonyl (C=S) groups is 1. The Morgan fingerprint density at radius 3 is 2.00 bits per heavy atom. The van der Waals surface area contributed by atoms with Crippen molar-refractivity contribution in [3.63, 3.8) is 0 Å². The van der Waals surface area contributed by atoms with E-state index < -0.39 is 5.97 Å². The Labute approximate surface area is 170 Å². The van der Waals surface area contributed by atoms with Crippen LogP contribution in [-0.4, -0.2) is 50.3 Å². The number of carbonyl (C=O) groups is 1. The molecule has 0 spiro atoms. The third kappa shape index (κ3) is 4.20. The van der Waals surface area contributed by atoms with Crippen LogP contribution in [0.4, 0.5) is 0 Å². The Morgan fingerprint density at radius 1 is 0.821 bits per heavy atom. The quantitative estimate of drug-likeness (QED) is 0.416. The maximum Gasteiger partial charge on any atom is 0.343 e. The summed E-state index contributed by atoms with van der Waals surface area (Å²) in [6.07, 6.45) is 2.30. The molecule has 1 heterocycles. The maximum absolute atomic E-state index is 12.6. The molecule has 3 rings (SSSR count). The molecule has 1 fully saturated rings. The summed E-state index contributed by atoms with van der Waals surface area (Å²) in [6, 6.07) is 10.2. The molecule has 0 N–H and O–H groups in total. The summed E-state index contributed by atoms with van der Waals surface area (Å²) in [5, 5.41) is 0. The largest absolute Gasteiger partial charge is 0.493 e. The summed E-state index contributed by atoms with van der Waals surface area (Å²) < 4.78 is 21.4. The van der Waals surface area contributed by atoms with E-state index in [0.717, 1.165) is 36.5 Å². The molecule has 0 aliphatic carbocycles. The van der Waals surface area contributed by atoms with Gasteiger partial charge in [0.25, 0.3) is 0 Å². The van der Waals surface area contributed by atoms with E-state index in [1.54, 1.807) is 30.3 Å². The highest BCUT2D eigenvalue weighted by Gasteiger charge is 2.19. The molecule has 6 nitrogen and oxygen atoms in total. The second-order valence-corrected chi connectivity index (χ2v) is 6.71. The highest BCUT2D eigenvalue weighted by Crippen LogP contribution is 2.32. The van der Waals surface area contributed by atoms with Gasteiger partial charge in [0.15, 0.2) is 23.0 Å². The fourth-order valence-corrected chi connectivity index (χ4v) is 3.42. The van der Waals surface area contributed by atoms with E-state index in [1.807, 2.05) is 6.07 Å². The van der Waals surface area contributed by atoms with Gasteiger partial charge in [0.05, 0.1) is 26.9 Å². The third-order valence-electron chi connectivity index (χ3n) is 4.63. The first-order chi connectivity index (χ1) is 13.6. The number of nitrogens with zero attached hydrogens (tertiary/aromatic N) is 1. The van der Waals surface area contributed by atoms with Gasteiger partial charge in [-0.15, -0.1) is 0 Å². The molecule has 1 saturated heterocycles. The highest BCUT2D eigenvalue weighted by molar-refractivity contribution is 7.80. The van der Waals surface area contributed by atoms with Crippen molar-refractivity contribution in [1.82, 2.24) is 4.90 Å². The number of benzene rings is 2. The fraction of sp³-hybridized carbons (Fsp3) is 0.333. The van der Waals surface area contributed by atoms with Crippen molar-refractivity contribution in [2.75, 3.05) is 34.4 Å². The van der Waals surface area contributed by atoms with Crippen molar-refractivity contribution in [2.24, 2.45) is 0 Å². The first kappa shape index (κ1) is 19.9. The first-order valence-corrected chi connectivity index (χ1v) is 9.39. The zero-order valence-corrected chi connectivity index (χ0v) is 17.0. The third-order valence-corrected chi connectivity index (χ3v) is 5.12. The molecule has 28 heavy (non-hydrogen) atoms. The second kappa shape index (κ2) is 8.93. The summed E-state index contributed by atoms with van der Waals surface area (Å²) in [7, 11) is 4.58. The van der Waals surface area contributed by atoms with Gasteiger partial charge in [-0.25, -0.2) is 4.79 Å². The van der Waals surface area contributed by atoms with Gasteiger partial charge in [0.1, 0.15) is 4.99 Å². The average molecular weight is 401 g/mol. The van der Waals surface area contributed by atoms with Crippen LogP contribution in [0, 0.1) is 0 Å². The number of ether oxygens (including phenoxy) is 4. The number of esters is 1. The Bertz CT molecular complexity index is 877. The van der Waals surface area contributed by atoms with E-state index in [2.05, 4.69) is 4.90 Å². The molecule has 0 unspecified atom stereocenters. The van der Waals surface area contributed by atoms with Gasteiger partial charge in [-0.1, -0.05) is 12.2 Å². The summed E-state index contributed by atoms with van der Waals surface area (Å²) >= 11 is 5.58. The lowest BCUT2D eigenvalue weighted by molar-refractivity contribution is 0.0729. The number of rotatable bonds is 6. The molecule has 0 amide bonds. The monoisotopic (exact) mass is 401 g/mol. The van der Waals surface area contributed by atoms with E-state index in [4.69, 9.17) is 31.2 Å². The molecule has 0 atom stereocenters. The molecule has 0 bridgehead atoms. The molecule has 7 heteroatoms. The molecule has 0 radical (unpaired) electrons. The Morgan fingerprint density at radius 2 is 1.36 bits per heavy atom. The lowest BCUT2D eigenvalue weighted by Gasteiger charge is -2.19. The van der Waals surface area contributed by atoms with Crippen molar-refractivity contribution in [1.29, 1.82) is 0 Å².